The standard InChI is InChI=1S/C13H11F3N4O2/c14-13(15,16)10-3-2-8(6-17-10)11(21)19-9-7-18-20-4-1-5-22-12(9)20/h2-3,6-7H,1,4-5H2,(H,19,21). The molecular weight excluding hydrogens is 301 g/mol. The molecule has 0 saturated carbocycles. The van der Waals surface area contributed by atoms with Gasteiger partial charge in [-0.05, 0) is 12.1 Å². The van der Waals surface area contributed by atoms with Crippen LogP contribution < -0.4 is 10.1 Å². The van der Waals surface area contributed by atoms with E-state index in [-0.39, 0.29) is 5.56 Å². The number of rotatable bonds is 2. The van der Waals surface area contributed by atoms with E-state index in [0.29, 0.717) is 24.7 Å². The van der Waals surface area contributed by atoms with E-state index < -0.39 is 17.8 Å². The number of aromatic nitrogens is 3. The first-order chi connectivity index (χ1) is 10.4. The van der Waals surface area contributed by atoms with Gasteiger partial charge in [0.1, 0.15) is 11.4 Å². The van der Waals surface area contributed by atoms with Crippen LogP contribution >= 0.6 is 0 Å². The summed E-state index contributed by atoms with van der Waals surface area (Å²) in [5.74, 6) is -0.134. The second kappa shape index (κ2) is 5.32. The molecule has 22 heavy (non-hydrogen) atoms. The fraction of sp³-hybridized carbons (Fsp3) is 0.308. The molecule has 1 aliphatic rings. The van der Waals surface area contributed by atoms with Crippen LogP contribution in [0.15, 0.2) is 24.5 Å². The maximum absolute atomic E-state index is 12.4. The zero-order valence-corrected chi connectivity index (χ0v) is 11.2. The molecule has 0 spiro atoms. The van der Waals surface area contributed by atoms with Crippen molar-refractivity contribution in [2.24, 2.45) is 0 Å². The Hall–Kier alpha value is -2.58. The van der Waals surface area contributed by atoms with Gasteiger partial charge in [-0.3, -0.25) is 9.78 Å². The summed E-state index contributed by atoms with van der Waals surface area (Å²) in [5, 5.41) is 6.62. The second-order valence-corrected chi connectivity index (χ2v) is 4.67. The van der Waals surface area contributed by atoms with Gasteiger partial charge in [-0.25, -0.2) is 4.68 Å². The van der Waals surface area contributed by atoms with Crippen LogP contribution in [0.25, 0.3) is 0 Å². The zero-order valence-electron chi connectivity index (χ0n) is 11.2. The van der Waals surface area contributed by atoms with E-state index in [1.165, 1.54) is 6.20 Å². The Bertz CT molecular complexity index is 694. The molecule has 1 aliphatic heterocycles. The number of carbonyl (C=O) groups is 1. The Morgan fingerprint density at radius 2 is 2.14 bits per heavy atom. The highest BCUT2D eigenvalue weighted by atomic mass is 19.4. The predicted molar refractivity (Wildman–Crippen MR) is 69.5 cm³/mol. The number of hydrogen-bond donors (Lipinski definition) is 1. The van der Waals surface area contributed by atoms with Crippen molar-refractivity contribution < 1.29 is 22.7 Å². The van der Waals surface area contributed by atoms with Gasteiger partial charge >= 0.3 is 6.18 Å². The molecule has 0 fully saturated rings. The SMILES string of the molecule is O=C(Nc1cnn2c1OCCC2)c1ccc(C(F)(F)F)nc1. The molecule has 9 heteroatoms. The van der Waals surface area contributed by atoms with Crippen LogP contribution in [0.4, 0.5) is 18.9 Å². The number of anilines is 1. The number of amides is 1. The number of nitrogens with zero attached hydrogens (tertiary/aromatic N) is 3. The van der Waals surface area contributed by atoms with Gasteiger partial charge in [0.15, 0.2) is 0 Å². The van der Waals surface area contributed by atoms with E-state index in [2.05, 4.69) is 15.4 Å². The second-order valence-electron chi connectivity index (χ2n) is 4.67. The van der Waals surface area contributed by atoms with Crippen molar-refractivity contribution in [2.75, 3.05) is 11.9 Å². The van der Waals surface area contributed by atoms with Gasteiger partial charge < -0.3 is 10.1 Å². The highest BCUT2D eigenvalue weighted by molar-refractivity contribution is 6.04. The number of pyridine rings is 1. The zero-order chi connectivity index (χ0) is 15.7. The van der Waals surface area contributed by atoms with Crippen molar-refractivity contribution in [1.29, 1.82) is 0 Å². The molecule has 0 saturated heterocycles. The highest BCUT2D eigenvalue weighted by Crippen LogP contribution is 2.29. The quantitative estimate of drug-likeness (QED) is 0.924. The summed E-state index contributed by atoms with van der Waals surface area (Å²) in [4.78, 5) is 15.3. The molecule has 0 aromatic carbocycles. The Morgan fingerprint density at radius 3 is 2.82 bits per heavy atom. The number of carbonyl (C=O) groups excluding carboxylic acids is 1. The normalized spacial score (nSPS) is 14.1. The summed E-state index contributed by atoms with van der Waals surface area (Å²) >= 11 is 0. The third-order valence-electron chi connectivity index (χ3n) is 3.11. The van der Waals surface area contributed by atoms with Crippen molar-refractivity contribution in [1.82, 2.24) is 14.8 Å². The molecule has 1 N–H and O–H groups in total. The molecule has 6 nitrogen and oxygen atoms in total. The number of halogens is 3. The van der Waals surface area contributed by atoms with E-state index in [9.17, 15) is 18.0 Å². The molecular formula is C13H11F3N4O2. The lowest BCUT2D eigenvalue weighted by molar-refractivity contribution is -0.141. The molecule has 0 atom stereocenters. The summed E-state index contributed by atoms with van der Waals surface area (Å²) in [6.45, 7) is 1.21. The van der Waals surface area contributed by atoms with Crippen LogP contribution in [0.3, 0.4) is 0 Å². The molecule has 1 amide bonds. The summed E-state index contributed by atoms with van der Waals surface area (Å²) < 4.78 is 44.3. The minimum atomic E-state index is -4.53. The average Bonchev–Trinajstić information content (AvgIpc) is 2.90. The Labute approximate surface area is 122 Å². The van der Waals surface area contributed by atoms with Gasteiger partial charge in [0, 0.05) is 19.2 Å². The van der Waals surface area contributed by atoms with Crippen LogP contribution in [0.1, 0.15) is 22.5 Å². The van der Waals surface area contributed by atoms with Crippen molar-refractivity contribution in [3.8, 4) is 5.88 Å². The number of fused-ring (bicyclic) bond motifs is 1. The number of ether oxygens (including phenoxy) is 1. The molecule has 2 aromatic rings. The van der Waals surface area contributed by atoms with Gasteiger partial charge in [0.2, 0.25) is 5.88 Å². The van der Waals surface area contributed by atoms with Crippen LogP contribution in [0, 0.1) is 0 Å². The fourth-order valence-electron chi connectivity index (χ4n) is 2.04. The highest BCUT2D eigenvalue weighted by Gasteiger charge is 2.32. The summed E-state index contributed by atoms with van der Waals surface area (Å²) in [5.41, 5.74) is -0.649. The molecule has 0 unspecified atom stereocenters. The van der Waals surface area contributed by atoms with Crippen molar-refractivity contribution >= 4 is 11.6 Å². The first-order valence-electron chi connectivity index (χ1n) is 6.48. The largest absolute Gasteiger partial charge is 0.476 e. The number of hydrogen-bond acceptors (Lipinski definition) is 4. The third kappa shape index (κ3) is 2.74. The van der Waals surface area contributed by atoms with Crippen LogP contribution in [0.5, 0.6) is 5.88 Å². The van der Waals surface area contributed by atoms with Gasteiger partial charge in [0.05, 0.1) is 18.4 Å². The molecule has 3 rings (SSSR count). The molecule has 0 aliphatic carbocycles. The van der Waals surface area contributed by atoms with Gasteiger partial charge in [-0.2, -0.15) is 18.3 Å². The minimum absolute atomic E-state index is 0.0174. The molecule has 2 aromatic heterocycles. The van der Waals surface area contributed by atoms with Crippen molar-refractivity contribution in [3.63, 3.8) is 0 Å². The third-order valence-corrected chi connectivity index (χ3v) is 3.11. The average molecular weight is 312 g/mol. The lowest BCUT2D eigenvalue weighted by Gasteiger charge is -2.16. The smallest absolute Gasteiger partial charge is 0.433 e. The summed E-state index contributed by atoms with van der Waals surface area (Å²) in [6.07, 6.45) is -1.38. The van der Waals surface area contributed by atoms with E-state index >= 15 is 0 Å². The van der Waals surface area contributed by atoms with Crippen molar-refractivity contribution in [3.05, 3.63) is 35.8 Å². The van der Waals surface area contributed by atoms with E-state index in [1.807, 2.05) is 0 Å². The van der Waals surface area contributed by atoms with Crippen LogP contribution in [0.2, 0.25) is 0 Å². The maximum Gasteiger partial charge on any atom is 0.433 e. The van der Waals surface area contributed by atoms with Gasteiger partial charge in [-0.1, -0.05) is 0 Å². The number of aryl methyl sites for hydroxylation is 1. The van der Waals surface area contributed by atoms with Crippen LogP contribution in [-0.2, 0) is 12.7 Å². The van der Waals surface area contributed by atoms with E-state index in [4.69, 9.17) is 4.74 Å². The van der Waals surface area contributed by atoms with Gasteiger partial charge in [-0.15, -0.1) is 0 Å². The van der Waals surface area contributed by atoms with Gasteiger partial charge in [0.25, 0.3) is 5.91 Å². The number of nitrogens with one attached hydrogen (secondary N) is 1. The first kappa shape index (κ1) is 14.4. The lowest BCUT2D eigenvalue weighted by atomic mass is 10.2. The van der Waals surface area contributed by atoms with E-state index in [0.717, 1.165) is 24.8 Å². The summed E-state index contributed by atoms with van der Waals surface area (Å²) in [6, 6.07) is 1.83. The fourth-order valence-corrected chi connectivity index (χ4v) is 2.04. The molecule has 0 bridgehead atoms. The predicted octanol–water partition coefficient (Wildman–Crippen LogP) is 2.33. The maximum atomic E-state index is 12.4. The molecule has 116 valence electrons. The monoisotopic (exact) mass is 312 g/mol. The molecule has 0 radical (unpaired) electrons. The minimum Gasteiger partial charge on any atom is -0.476 e. The Morgan fingerprint density at radius 1 is 1.32 bits per heavy atom. The van der Waals surface area contributed by atoms with Crippen molar-refractivity contribution in [2.45, 2.75) is 19.1 Å². The Kier molecular flexibility index (Phi) is 3.47. The van der Waals surface area contributed by atoms with Crippen LogP contribution in [-0.4, -0.2) is 27.3 Å². The molecule has 3 heterocycles. The summed E-state index contributed by atoms with van der Waals surface area (Å²) in [7, 11) is 0. The number of alkyl halides is 3. The van der Waals surface area contributed by atoms with E-state index in [1.54, 1.807) is 4.68 Å². The first-order valence-corrected chi connectivity index (χ1v) is 6.48. The lowest BCUT2D eigenvalue weighted by Crippen LogP contribution is -2.17. The Balaban J connectivity index is 1.76. The topological polar surface area (TPSA) is 69.0 Å².